The number of hydrogen-bond acceptors (Lipinski definition) is 2. The molecule has 2 rings (SSSR count). The van der Waals surface area contributed by atoms with Gasteiger partial charge in [0.15, 0.2) is 0 Å². The largest absolute Gasteiger partial charge is 0.241 e. The standard InChI is InChI=1S/C14H12Br2ClNO2S/c1-9(10-2-4-11(15)5-3-10)18-21(19,20)12-6-7-14(17)13(16)8-12/h2-9,18H,1H3/t9-/m1/s1. The Morgan fingerprint density at radius 2 is 1.71 bits per heavy atom. The van der Waals surface area contributed by atoms with Crippen LogP contribution in [0.15, 0.2) is 56.3 Å². The van der Waals surface area contributed by atoms with Crippen molar-refractivity contribution in [1.82, 2.24) is 4.72 Å². The van der Waals surface area contributed by atoms with E-state index in [0.29, 0.717) is 9.50 Å². The van der Waals surface area contributed by atoms with E-state index in [4.69, 9.17) is 11.6 Å². The van der Waals surface area contributed by atoms with Crippen LogP contribution in [0, 0.1) is 0 Å². The molecule has 7 heteroatoms. The molecule has 1 N–H and O–H groups in total. The molecule has 21 heavy (non-hydrogen) atoms. The van der Waals surface area contributed by atoms with E-state index >= 15 is 0 Å². The fourth-order valence-electron chi connectivity index (χ4n) is 1.76. The first-order chi connectivity index (χ1) is 9.79. The average Bonchev–Trinajstić information content (AvgIpc) is 2.42. The van der Waals surface area contributed by atoms with Crippen molar-refractivity contribution in [3.05, 3.63) is 62.0 Å². The van der Waals surface area contributed by atoms with Crippen LogP contribution in [0.25, 0.3) is 0 Å². The van der Waals surface area contributed by atoms with E-state index in [1.807, 2.05) is 24.3 Å². The molecule has 0 radical (unpaired) electrons. The van der Waals surface area contributed by atoms with Crippen molar-refractivity contribution in [3.63, 3.8) is 0 Å². The van der Waals surface area contributed by atoms with E-state index in [1.54, 1.807) is 13.0 Å². The summed E-state index contributed by atoms with van der Waals surface area (Å²) in [6, 6.07) is 11.7. The van der Waals surface area contributed by atoms with Crippen molar-refractivity contribution < 1.29 is 8.42 Å². The van der Waals surface area contributed by atoms with Crippen molar-refractivity contribution in [2.24, 2.45) is 0 Å². The summed E-state index contributed by atoms with van der Waals surface area (Å²) in [5.74, 6) is 0. The highest BCUT2D eigenvalue weighted by Gasteiger charge is 2.19. The Bertz CT molecular complexity index is 748. The lowest BCUT2D eigenvalue weighted by atomic mass is 10.1. The maximum atomic E-state index is 12.4. The zero-order valence-corrected chi connectivity index (χ0v) is 15.7. The summed E-state index contributed by atoms with van der Waals surface area (Å²) in [5.41, 5.74) is 0.884. The summed E-state index contributed by atoms with van der Waals surface area (Å²) in [7, 11) is -3.61. The van der Waals surface area contributed by atoms with Crippen molar-refractivity contribution in [2.45, 2.75) is 17.9 Å². The topological polar surface area (TPSA) is 46.2 Å². The van der Waals surface area contributed by atoms with E-state index in [0.717, 1.165) is 10.0 Å². The minimum absolute atomic E-state index is 0.169. The van der Waals surface area contributed by atoms with Crippen LogP contribution in [-0.2, 0) is 10.0 Å². The van der Waals surface area contributed by atoms with Gasteiger partial charge in [0, 0.05) is 15.0 Å². The van der Waals surface area contributed by atoms with Gasteiger partial charge in [-0.3, -0.25) is 0 Å². The van der Waals surface area contributed by atoms with Gasteiger partial charge in [0.25, 0.3) is 0 Å². The van der Waals surface area contributed by atoms with Gasteiger partial charge < -0.3 is 0 Å². The molecule has 0 heterocycles. The third kappa shape index (κ3) is 4.29. The first-order valence-electron chi connectivity index (χ1n) is 6.02. The number of halogens is 3. The van der Waals surface area contributed by atoms with Crippen LogP contribution < -0.4 is 4.72 Å². The Morgan fingerprint density at radius 1 is 1.10 bits per heavy atom. The minimum atomic E-state index is -3.61. The summed E-state index contributed by atoms with van der Waals surface area (Å²) < 4.78 is 28.9. The highest BCUT2D eigenvalue weighted by molar-refractivity contribution is 9.10. The van der Waals surface area contributed by atoms with Crippen molar-refractivity contribution >= 4 is 53.5 Å². The van der Waals surface area contributed by atoms with Gasteiger partial charge in [0.1, 0.15) is 0 Å². The van der Waals surface area contributed by atoms with Gasteiger partial charge in [-0.15, -0.1) is 0 Å². The quantitative estimate of drug-likeness (QED) is 0.715. The van der Waals surface area contributed by atoms with Crippen molar-refractivity contribution in [2.75, 3.05) is 0 Å². The van der Waals surface area contributed by atoms with Crippen LogP contribution in [-0.4, -0.2) is 8.42 Å². The lowest BCUT2D eigenvalue weighted by molar-refractivity contribution is 0.567. The van der Waals surface area contributed by atoms with Gasteiger partial charge in [-0.05, 0) is 58.7 Å². The van der Waals surface area contributed by atoms with Gasteiger partial charge in [-0.25, -0.2) is 13.1 Å². The third-order valence-corrected chi connectivity index (χ3v) is 6.18. The first-order valence-corrected chi connectivity index (χ1v) is 9.47. The van der Waals surface area contributed by atoms with E-state index in [-0.39, 0.29) is 10.9 Å². The number of benzene rings is 2. The summed E-state index contributed by atoms with van der Waals surface area (Å²) in [6.45, 7) is 1.80. The highest BCUT2D eigenvalue weighted by atomic mass is 79.9. The number of sulfonamides is 1. The van der Waals surface area contributed by atoms with Gasteiger partial charge in [-0.1, -0.05) is 39.7 Å². The molecule has 112 valence electrons. The molecule has 0 saturated heterocycles. The van der Waals surface area contributed by atoms with Crippen LogP contribution in [0.3, 0.4) is 0 Å². The Labute approximate surface area is 146 Å². The lowest BCUT2D eigenvalue weighted by Gasteiger charge is -2.15. The van der Waals surface area contributed by atoms with Crippen LogP contribution in [0.1, 0.15) is 18.5 Å². The molecule has 1 atom stereocenters. The molecule has 0 aliphatic carbocycles. The van der Waals surface area contributed by atoms with E-state index in [2.05, 4.69) is 36.6 Å². The second kappa shape index (κ2) is 6.79. The fraction of sp³-hybridized carbons (Fsp3) is 0.143. The lowest BCUT2D eigenvalue weighted by Crippen LogP contribution is -2.26. The number of hydrogen-bond donors (Lipinski definition) is 1. The van der Waals surface area contributed by atoms with Crippen LogP contribution in [0.4, 0.5) is 0 Å². The maximum absolute atomic E-state index is 12.4. The Balaban J connectivity index is 2.24. The van der Waals surface area contributed by atoms with E-state index in [1.165, 1.54) is 12.1 Å². The molecule has 0 aromatic heterocycles. The molecule has 0 unspecified atom stereocenters. The summed E-state index contributed by atoms with van der Waals surface area (Å²) >= 11 is 12.5. The molecule has 3 nitrogen and oxygen atoms in total. The molecule has 2 aromatic rings. The fourth-order valence-corrected chi connectivity index (χ4v) is 3.93. The van der Waals surface area contributed by atoms with Gasteiger partial charge in [0.2, 0.25) is 10.0 Å². The Morgan fingerprint density at radius 3 is 2.29 bits per heavy atom. The molecule has 2 aromatic carbocycles. The van der Waals surface area contributed by atoms with Crippen LogP contribution >= 0.6 is 43.5 Å². The monoisotopic (exact) mass is 451 g/mol. The second-order valence-electron chi connectivity index (χ2n) is 4.47. The summed E-state index contributed by atoms with van der Waals surface area (Å²) in [5, 5.41) is 0.468. The first kappa shape index (κ1) is 17.0. The number of rotatable bonds is 4. The van der Waals surface area contributed by atoms with Crippen LogP contribution in [0.5, 0.6) is 0 Å². The highest BCUT2D eigenvalue weighted by Crippen LogP contribution is 2.26. The summed E-state index contributed by atoms with van der Waals surface area (Å²) in [4.78, 5) is 0.169. The molecular formula is C14H12Br2ClNO2S. The smallest absolute Gasteiger partial charge is 0.207 e. The zero-order valence-electron chi connectivity index (χ0n) is 11.0. The molecule has 0 spiro atoms. The minimum Gasteiger partial charge on any atom is -0.207 e. The second-order valence-corrected chi connectivity index (χ2v) is 8.36. The molecule has 0 fully saturated rings. The normalized spacial score (nSPS) is 13.1. The van der Waals surface area contributed by atoms with Gasteiger partial charge >= 0.3 is 0 Å². The average molecular weight is 454 g/mol. The molecule has 0 amide bonds. The van der Waals surface area contributed by atoms with Crippen molar-refractivity contribution in [1.29, 1.82) is 0 Å². The van der Waals surface area contributed by atoms with Gasteiger partial charge in [-0.2, -0.15) is 0 Å². The number of nitrogens with one attached hydrogen (secondary N) is 1. The molecule has 0 saturated carbocycles. The molecular weight excluding hydrogens is 441 g/mol. The van der Waals surface area contributed by atoms with E-state index < -0.39 is 10.0 Å². The van der Waals surface area contributed by atoms with Gasteiger partial charge in [0.05, 0.1) is 9.92 Å². The SMILES string of the molecule is C[C@@H](NS(=O)(=O)c1ccc(Cl)c(Br)c1)c1ccc(Br)cc1. The Hall–Kier alpha value is -0.400. The van der Waals surface area contributed by atoms with Crippen molar-refractivity contribution in [3.8, 4) is 0 Å². The molecule has 0 bridgehead atoms. The van der Waals surface area contributed by atoms with Crippen LogP contribution in [0.2, 0.25) is 5.02 Å². The molecule has 0 aliphatic heterocycles. The molecule has 0 aliphatic rings. The predicted molar refractivity (Wildman–Crippen MR) is 92.0 cm³/mol. The predicted octanol–water partition coefficient (Wildman–Crippen LogP) is 4.90. The summed E-state index contributed by atoms with van der Waals surface area (Å²) in [6.07, 6.45) is 0. The Kier molecular flexibility index (Phi) is 5.48. The zero-order chi connectivity index (χ0) is 15.6. The van der Waals surface area contributed by atoms with E-state index in [9.17, 15) is 8.42 Å². The maximum Gasteiger partial charge on any atom is 0.241 e. The third-order valence-electron chi connectivity index (χ3n) is 2.90.